The van der Waals surface area contributed by atoms with Crippen LogP contribution in [0.25, 0.3) is 0 Å². The molecule has 0 fully saturated rings. The van der Waals surface area contributed by atoms with E-state index in [9.17, 15) is 9.59 Å². The van der Waals surface area contributed by atoms with Gasteiger partial charge in [-0.15, -0.1) is 0 Å². The van der Waals surface area contributed by atoms with Gasteiger partial charge in [0.1, 0.15) is 0 Å². The van der Waals surface area contributed by atoms with Crippen LogP contribution in [0, 0.1) is 0 Å². The summed E-state index contributed by atoms with van der Waals surface area (Å²) < 4.78 is 0.879. The van der Waals surface area contributed by atoms with Crippen LogP contribution in [-0.2, 0) is 4.79 Å². The second-order valence-corrected chi connectivity index (χ2v) is 5.68. The minimum atomic E-state index is -0.371. The van der Waals surface area contributed by atoms with Gasteiger partial charge in [0.05, 0.1) is 12.0 Å². The Balaban J connectivity index is 1.87. The first-order valence-corrected chi connectivity index (χ1v) is 7.63. The van der Waals surface area contributed by atoms with Gasteiger partial charge in [0.15, 0.2) is 0 Å². The van der Waals surface area contributed by atoms with Crippen LogP contribution in [0.2, 0.25) is 0 Å². The fraction of sp³-hybridized carbons (Fsp3) is 0.125. The standard InChI is InChI=1S/C16H15BrN4O2/c1-11(20-21-16(23)12-4-3-7-18-10-12)8-15(22)19-14-6-2-5-13(17)9-14/h2-7,9-10H,8H2,1H3,(H,19,22)(H,21,23). The molecule has 2 aromatic rings. The minimum absolute atomic E-state index is 0.0832. The van der Waals surface area contributed by atoms with E-state index in [1.54, 1.807) is 37.4 Å². The number of aromatic nitrogens is 1. The molecule has 0 aliphatic carbocycles. The number of pyridine rings is 1. The molecule has 118 valence electrons. The van der Waals surface area contributed by atoms with Crippen molar-refractivity contribution in [1.29, 1.82) is 0 Å². The average Bonchev–Trinajstić information content (AvgIpc) is 2.53. The lowest BCUT2D eigenvalue weighted by atomic mass is 10.2. The number of hydrazone groups is 1. The predicted molar refractivity (Wildman–Crippen MR) is 92.2 cm³/mol. The number of carbonyl (C=O) groups excluding carboxylic acids is 2. The largest absolute Gasteiger partial charge is 0.326 e. The van der Waals surface area contributed by atoms with Gasteiger partial charge >= 0.3 is 0 Å². The van der Waals surface area contributed by atoms with Gasteiger partial charge in [0.25, 0.3) is 5.91 Å². The van der Waals surface area contributed by atoms with Gasteiger partial charge in [-0.3, -0.25) is 14.6 Å². The lowest BCUT2D eigenvalue weighted by Crippen LogP contribution is -2.21. The van der Waals surface area contributed by atoms with E-state index in [0.29, 0.717) is 17.0 Å². The Morgan fingerprint density at radius 1 is 1.26 bits per heavy atom. The first-order chi connectivity index (χ1) is 11.0. The molecule has 1 aromatic carbocycles. The summed E-state index contributed by atoms with van der Waals surface area (Å²) in [6.07, 6.45) is 3.11. The molecule has 0 aliphatic rings. The van der Waals surface area contributed by atoms with Crippen molar-refractivity contribution in [2.75, 3.05) is 5.32 Å². The Morgan fingerprint density at radius 3 is 2.78 bits per heavy atom. The zero-order chi connectivity index (χ0) is 16.7. The highest BCUT2D eigenvalue weighted by atomic mass is 79.9. The molecule has 0 spiro atoms. The number of nitrogens with zero attached hydrogens (tertiary/aromatic N) is 2. The topological polar surface area (TPSA) is 83.5 Å². The molecule has 6 nitrogen and oxygen atoms in total. The van der Waals surface area contributed by atoms with Gasteiger partial charge in [0, 0.05) is 28.3 Å². The van der Waals surface area contributed by atoms with E-state index in [1.165, 1.54) is 6.20 Å². The third-order valence-corrected chi connectivity index (χ3v) is 3.29. The quantitative estimate of drug-likeness (QED) is 0.623. The second kappa shape index (κ2) is 8.19. The maximum Gasteiger partial charge on any atom is 0.272 e. The zero-order valence-corrected chi connectivity index (χ0v) is 14.0. The number of benzene rings is 1. The Bertz CT molecular complexity index is 732. The summed E-state index contributed by atoms with van der Waals surface area (Å²) in [5.41, 5.74) is 3.99. The van der Waals surface area contributed by atoms with Crippen LogP contribution in [0.4, 0.5) is 5.69 Å². The fourth-order valence-corrected chi connectivity index (χ4v) is 2.15. The molecular weight excluding hydrogens is 360 g/mol. The van der Waals surface area contributed by atoms with E-state index in [-0.39, 0.29) is 18.2 Å². The molecule has 0 unspecified atom stereocenters. The van der Waals surface area contributed by atoms with Crippen LogP contribution < -0.4 is 10.7 Å². The van der Waals surface area contributed by atoms with Crippen molar-refractivity contribution in [2.45, 2.75) is 13.3 Å². The van der Waals surface area contributed by atoms with Crippen molar-refractivity contribution < 1.29 is 9.59 Å². The summed E-state index contributed by atoms with van der Waals surface area (Å²) in [6.45, 7) is 1.67. The molecule has 0 radical (unpaired) electrons. The van der Waals surface area contributed by atoms with Crippen LogP contribution in [0.15, 0.2) is 58.4 Å². The second-order valence-electron chi connectivity index (χ2n) is 4.77. The Hall–Kier alpha value is -2.54. The third kappa shape index (κ3) is 5.63. The SMILES string of the molecule is CC(CC(=O)Nc1cccc(Br)c1)=NNC(=O)c1cccnc1. The fourth-order valence-electron chi connectivity index (χ4n) is 1.75. The smallest absolute Gasteiger partial charge is 0.272 e. The van der Waals surface area contributed by atoms with Crippen molar-refractivity contribution in [3.8, 4) is 0 Å². The number of halogens is 1. The highest BCUT2D eigenvalue weighted by Gasteiger charge is 2.07. The molecule has 7 heteroatoms. The van der Waals surface area contributed by atoms with Gasteiger partial charge in [-0.25, -0.2) is 5.43 Å². The summed E-state index contributed by atoms with van der Waals surface area (Å²) >= 11 is 3.34. The summed E-state index contributed by atoms with van der Waals surface area (Å²) in [5, 5.41) is 6.68. The third-order valence-electron chi connectivity index (χ3n) is 2.80. The van der Waals surface area contributed by atoms with Crippen LogP contribution in [0.5, 0.6) is 0 Å². The van der Waals surface area contributed by atoms with E-state index in [4.69, 9.17) is 0 Å². The van der Waals surface area contributed by atoms with E-state index in [0.717, 1.165) is 4.47 Å². The van der Waals surface area contributed by atoms with E-state index in [2.05, 4.69) is 36.8 Å². The number of hydrogen-bond acceptors (Lipinski definition) is 4. The van der Waals surface area contributed by atoms with Crippen molar-refractivity contribution in [2.24, 2.45) is 5.10 Å². The number of anilines is 1. The van der Waals surface area contributed by atoms with Gasteiger partial charge < -0.3 is 5.32 Å². The Morgan fingerprint density at radius 2 is 2.09 bits per heavy atom. The molecule has 2 rings (SSSR count). The van der Waals surface area contributed by atoms with Crippen molar-refractivity contribution in [3.05, 3.63) is 58.8 Å². The Labute approximate surface area is 142 Å². The normalized spacial score (nSPS) is 11.0. The van der Waals surface area contributed by atoms with Crippen LogP contribution in [0.1, 0.15) is 23.7 Å². The number of hydrogen-bond donors (Lipinski definition) is 2. The number of carbonyl (C=O) groups is 2. The maximum absolute atomic E-state index is 11.9. The average molecular weight is 375 g/mol. The van der Waals surface area contributed by atoms with Crippen molar-refractivity contribution in [1.82, 2.24) is 10.4 Å². The van der Waals surface area contributed by atoms with E-state index in [1.807, 2.05) is 12.1 Å². The molecule has 0 saturated heterocycles. The number of rotatable bonds is 5. The molecule has 1 aromatic heterocycles. The first kappa shape index (κ1) is 16.8. The monoisotopic (exact) mass is 374 g/mol. The number of nitrogens with one attached hydrogen (secondary N) is 2. The van der Waals surface area contributed by atoms with Gasteiger partial charge in [0.2, 0.25) is 5.91 Å². The van der Waals surface area contributed by atoms with Crippen LogP contribution >= 0.6 is 15.9 Å². The summed E-state index contributed by atoms with van der Waals surface area (Å²) in [7, 11) is 0. The zero-order valence-electron chi connectivity index (χ0n) is 12.4. The molecule has 0 bridgehead atoms. The summed E-state index contributed by atoms with van der Waals surface area (Å²) in [6, 6.07) is 10.6. The number of amides is 2. The molecule has 2 N–H and O–H groups in total. The Kier molecular flexibility index (Phi) is 5.99. The van der Waals surface area contributed by atoms with Crippen molar-refractivity contribution in [3.63, 3.8) is 0 Å². The van der Waals surface area contributed by atoms with Gasteiger partial charge in [-0.2, -0.15) is 5.10 Å². The molecule has 2 amide bonds. The first-order valence-electron chi connectivity index (χ1n) is 6.83. The molecule has 1 heterocycles. The summed E-state index contributed by atoms with van der Waals surface area (Å²) in [5.74, 6) is -0.579. The molecule has 0 atom stereocenters. The van der Waals surface area contributed by atoms with Crippen LogP contribution in [0.3, 0.4) is 0 Å². The minimum Gasteiger partial charge on any atom is -0.326 e. The summed E-state index contributed by atoms with van der Waals surface area (Å²) in [4.78, 5) is 27.6. The molecule has 23 heavy (non-hydrogen) atoms. The molecule has 0 aliphatic heterocycles. The van der Waals surface area contributed by atoms with E-state index < -0.39 is 0 Å². The van der Waals surface area contributed by atoms with Gasteiger partial charge in [-0.05, 0) is 37.3 Å². The van der Waals surface area contributed by atoms with Crippen LogP contribution in [-0.4, -0.2) is 22.5 Å². The highest BCUT2D eigenvalue weighted by molar-refractivity contribution is 9.10. The van der Waals surface area contributed by atoms with Crippen molar-refractivity contribution >= 4 is 39.1 Å². The lowest BCUT2D eigenvalue weighted by molar-refractivity contribution is -0.115. The maximum atomic E-state index is 11.9. The predicted octanol–water partition coefficient (Wildman–Crippen LogP) is 2.98. The lowest BCUT2D eigenvalue weighted by Gasteiger charge is -2.06. The van der Waals surface area contributed by atoms with Gasteiger partial charge in [-0.1, -0.05) is 22.0 Å². The molecular formula is C16H15BrN4O2. The molecule has 0 saturated carbocycles. The van der Waals surface area contributed by atoms with E-state index >= 15 is 0 Å². The highest BCUT2D eigenvalue weighted by Crippen LogP contribution is 2.15.